The lowest BCUT2D eigenvalue weighted by atomic mass is 10.1. The number of aryl methyl sites for hydroxylation is 1. The molecule has 2 aromatic rings. The predicted molar refractivity (Wildman–Crippen MR) is 81.4 cm³/mol. The van der Waals surface area contributed by atoms with Crippen LogP contribution in [0.1, 0.15) is 45.4 Å². The maximum Gasteiger partial charge on any atom is 0.272 e. The van der Waals surface area contributed by atoms with Crippen molar-refractivity contribution in [2.45, 2.75) is 32.9 Å². The molecule has 0 radical (unpaired) electrons. The van der Waals surface area contributed by atoms with E-state index in [0.717, 1.165) is 41.5 Å². The van der Waals surface area contributed by atoms with Gasteiger partial charge in [0.15, 0.2) is 5.69 Å². The minimum absolute atomic E-state index is 0.107. The van der Waals surface area contributed by atoms with Crippen molar-refractivity contribution >= 4 is 17.2 Å². The molecule has 2 N–H and O–H groups in total. The number of carbonyl (C=O) groups excluding carboxylic acids is 1. The summed E-state index contributed by atoms with van der Waals surface area (Å²) in [5.41, 5.74) is 3.59. The summed E-state index contributed by atoms with van der Waals surface area (Å²) in [5, 5.41) is 13.1. The molecule has 1 amide bonds. The zero-order chi connectivity index (χ0) is 15.0. The summed E-state index contributed by atoms with van der Waals surface area (Å²) in [5.74, 6) is -0.136. The fraction of sp³-hybridized carbons (Fsp3) is 0.500. The second kappa shape index (κ2) is 5.57. The van der Waals surface area contributed by atoms with Crippen LogP contribution in [0.5, 0.6) is 0 Å². The van der Waals surface area contributed by atoms with Gasteiger partial charge in [-0.25, -0.2) is 4.98 Å². The van der Waals surface area contributed by atoms with Crippen LogP contribution in [0.4, 0.5) is 0 Å². The van der Waals surface area contributed by atoms with Crippen LogP contribution in [0.2, 0.25) is 0 Å². The summed E-state index contributed by atoms with van der Waals surface area (Å²) >= 11 is 1.56. The highest BCUT2D eigenvalue weighted by molar-refractivity contribution is 7.09. The highest BCUT2D eigenvalue weighted by Gasteiger charge is 2.25. The maximum atomic E-state index is 12.4. The zero-order valence-electron chi connectivity index (χ0n) is 12.4. The standard InChI is InChI=1S/C14H19N5OS/c1-8-7-21-14(15-8)9(2)16-13(20)12-10-6-19(3)5-4-11(10)17-18-12/h7,9H,4-6H2,1-3H3,(H,16,20)(H,17,18)/t9-/m0/s1. The van der Waals surface area contributed by atoms with Gasteiger partial charge in [-0.3, -0.25) is 9.89 Å². The number of nitrogens with one attached hydrogen (secondary N) is 2. The predicted octanol–water partition coefficient (Wildman–Crippen LogP) is 1.65. The third-order valence-electron chi connectivity index (χ3n) is 3.69. The van der Waals surface area contributed by atoms with Gasteiger partial charge in [-0.05, 0) is 20.9 Å². The molecule has 3 heterocycles. The van der Waals surface area contributed by atoms with Crippen molar-refractivity contribution in [1.82, 2.24) is 25.4 Å². The van der Waals surface area contributed by atoms with Gasteiger partial charge in [0.05, 0.1) is 6.04 Å². The Bertz CT molecular complexity index is 662. The van der Waals surface area contributed by atoms with Gasteiger partial charge in [0.25, 0.3) is 5.91 Å². The number of fused-ring (bicyclic) bond motifs is 1. The van der Waals surface area contributed by atoms with Gasteiger partial charge in [-0.2, -0.15) is 5.10 Å². The topological polar surface area (TPSA) is 73.9 Å². The maximum absolute atomic E-state index is 12.4. The van der Waals surface area contributed by atoms with E-state index in [4.69, 9.17) is 0 Å². The summed E-state index contributed by atoms with van der Waals surface area (Å²) in [6, 6.07) is -0.107. The third kappa shape index (κ3) is 2.84. The van der Waals surface area contributed by atoms with E-state index in [-0.39, 0.29) is 11.9 Å². The lowest BCUT2D eigenvalue weighted by Crippen LogP contribution is -2.31. The average molecular weight is 305 g/mol. The molecule has 0 unspecified atom stereocenters. The summed E-state index contributed by atoms with van der Waals surface area (Å²) in [7, 11) is 2.05. The van der Waals surface area contributed by atoms with E-state index < -0.39 is 0 Å². The molecule has 0 spiro atoms. The number of carbonyl (C=O) groups is 1. The molecule has 3 rings (SSSR count). The first-order valence-corrected chi connectivity index (χ1v) is 7.90. The number of rotatable bonds is 3. The second-order valence-electron chi connectivity index (χ2n) is 5.54. The number of likely N-dealkylation sites (N-methyl/N-ethyl adjacent to an activating group) is 1. The Hall–Kier alpha value is -1.73. The monoisotopic (exact) mass is 305 g/mol. The van der Waals surface area contributed by atoms with Crippen LogP contribution in [-0.4, -0.2) is 39.6 Å². The van der Waals surface area contributed by atoms with Gasteiger partial charge < -0.3 is 10.2 Å². The molecule has 0 saturated heterocycles. The first-order valence-electron chi connectivity index (χ1n) is 7.02. The van der Waals surface area contributed by atoms with Crippen molar-refractivity contribution in [1.29, 1.82) is 0 Å². The molecule has 1 aliphatic heterocycles. The zero-order valence-corrected chi connectivity index (χ0v) is 13.3. The Morgan fingerprint density at radius 3 is 3.10 bits per heavy atom. The van der Waals surface area contributed by atoms with Crippen molar-refractivity contribution in [3.05, 3.63) is 33.0 Å². The number of aromatic nitrogens is 3. The Labute approximate surface area is 127 Å². The van der Waals surface area contributed by atoms with Crippen molar-refractivity contribution < 1.29 is 4.79 Å². The molecular formula is C14H19N5OS. The highest BCUT2D eigenvalue weighted by Crippen LogP contribution is 2.21. The van der Waals surface area contributed by atoms with Crippen LogP contribution in [0.3, 0.4) is 0 Å². The minimum atomic E-state index is -0.136. The van der Waals surface area contributed by atoms with Crippen molar-refractivity contribution in [3.63, 3.8) is 0 Å². The number of hydrogen-bond donors (Lipinski definition) is 2. The Morgan fingerprint density at radius 2 is 2.38 bits per heavy atom. The number of nitrogens with zero attached hydrogens (tertiary/aromatic N) is 3. The molecule has 1 atom stereocenters. The average Bonchev–Trinajstić information content (AvgIpc) is 3.04. The van der Waals surface area contributed by atoms with E-state index in [0.29, 0.717) is 5.69 Å². The fourth-order valence-electron chi connectivity index (χ4n) is 2.52. The normalized spacial score (nSPS) is 16.5. The molecule has 6 nitrogen and oxygen atoms in total. The molecule has 112 valence electrons. The van der Waals surface area contributed by atoms with E-state index in [1.165, 1.54) is 0 Å². The molecule has 0 aliphatic carbocycles. The third-order valence-corrected chi connectivity index (χ3v) is 4.84. The number of hydrogen-bond acceptors (Lipinski definition) is 5. The van der Waals surface area contributed by atoms with E-state index in [1.54, 1.807) is 11.3 Å². The number of H-pyrrole nitrogens is 1. The van der Waals surface area contributed by atoms with Gasteiger partial charge in [-0.1, -0.05) is 0 Å². The lowest BCUT2D eigenvalue weighted by Gasteiger charge is -2.22. The van der Waals surface area contributed by atoms with E-state index in [2.05, 4.69) is 32.4 Å². The molecule has 0 saturated carbocycles. The molecule has 21 heavy (non-hydrogen) atoms. The Kier molecular flexibility index (Phi) is 3.77. The van der Waals surface area contributed by atoms with Gasteiger partial charge in [0, 0.05) is 41.8 Å². The van der Waals surface area contributed by atoms with Crippen molar-refractivity contribution in [2.24, 2.45) is 0 Å². The molecule has 0 bridgehead atoms. The van der Waals surface area contributed by atoms with Gasteiger partial charge in [-0.15, -0.1) is 11.3 Å². The summed E-state index contributed by atoms with van der Waals surface area (Å²) in [6.45, 7) is 5.65. The van der Waals surface area contributed by atoms with Crippen molar-refractivity contribution in [3.8, 4) is 0 Å². The summed E-state index contributed by atoms with van der Waals surface area (Å²) in [4.78, 5) is 19.0. The van der Waals surface area contributed by atoms with Gasteiger partial charge in [0.1, 0.15) is 5.01 Å². The molecule has 0 aromatic carbocycles. The highest BCUT2D eigenvalue weighted by atomic mass is 32.1. The summed E-state index contributed by atoms with van der Waals surface area (Å²) in [6.07, 6.45) is 0.910. The summed E-state index contributed by atoms with van der Waals surface area (Å²) < 4.78 is 0. The van der Waals surface area contributed by atoms with Gasteiger partial charge in [0.2, 0.25) is 0 Å². The van der Waals surface area contributed by atoms with Crippen LogP contribution < -0.4 is 5.32 Å². The van der Waals surface area contributed by atoms with Crippen LogP contribution in [0.25, 0.3) is 0 Å². The van der Waals surface area contributed by atoms with E-state index >= 15 is 0 Å². The minimum Gasteiger partial charge on any atom is -0.342 e. The second-order valence-corrected chi connectivity index (χ2v) is 6.43. The smallest absolute Gasteiger partial charge is 0.272 e. The van der Waals surface area contributed by atoms with E-state index in [1.807, 2.05) is 19.2 Å². The largest absolute Gasteiger partial charge is 0.342 e. The molecule has 7 heteroatoms. The van der Waals surface area contributed by atoms with Crippen LogP contribution in [0.15, 0.2) is 5.38 Å². The first kappa shape index (κ1) is 14.2. The number of thiazole rings is 1. The first-order chi connectivity index (χ1) is 10.0. The van der Waals surface area contributed by atoms with Crippen LogP contribution in [-0.2, 0) is 13.0 Å². The lowest BCUT2D eigenvalue weighted by molar-refractivity contribution is 0.0932. The molecular weight excluding hydrogens is 286 g/mol. The van der Waals surface area contributed by atoms with Crippen LogP contribution in [0, 0.1) is 6.92 Å². The fourth-order valence-corrected chi connectivity index (χ4v) is 3.32. The SMILES string of the molecule is Cc1csc([C@H](C)NC(=O)c2n[nH]c3c2CN(C)CC3)n1. The van der Waals surface area contributed by atoms with Crippen molar-refractivity contribution in [2.75, 3.05) is 13.6 Å². The van der Waals surface area contributed by atoms with Crippen LogP contribution >= 0.6 is 11.3 Å². The Balaban J connectivity index is 1.75. The Morgan fingerprint density at radius 1 is 1.57 bits per heavy atom. The molecule has 1 aliphatic rings. The number of aromatic amines is 1. The molecule has 0 fully saturated rings. The molecule has 2 aromatic heterocycles. The van der Waals surface area contributed by atoms with Gasteiger partial charge >= 0.3 is 0 Å². The number of amides is 1. The quantitative estimate of drug-likeness (QED) is 0.904. The van der Waals surface area contributed by atoms with E-state index in [9.17, 15) is 4.79 Å².